The minimum absolute atomic E-state index is 0.277. The fourth-order valence-corrected chi connectivity index (χ4v) is 1.88. The van der Waals surface area contributed by atoms with Crippen LogP contribution in [0.5, 0.6) is 5.88 Å². The molecule has 0 aliphatic heterocycles. The van der Waals surface area contributed by atoms with Gasteiger partial charge in [-0.2, -0.15) is 4.98 Å². The van der Waals surface area contributed by atoms with Gasteiger partial charge in [0.1, 0.15) is 11.9 Å². The zero-order valence-corrected chi connectivity index (χ0v) is 9.02. The maximum absolute atomic E-state index is 5.83. The van der Waals surface area contributed by atoms with Crippen LogP contribution in [0.2, 0.25) is 0 Å². The van der Waals surface area contributed by atoms with E-state index in [1.54, 1.807) is 6.20 Å². The van der Waals surface area contributed by atoms with Crippen LogP contribution in [0.4, 0.5) is 0 Å². The molecule has 1 aliphatic rings. The molecule has 1 aromatic heterocycles. The van der Waals surface area contributed by atoms with Crippen molar-refractivity contribution >= 4 is 0 Å². The lowest BCUT2D eigenvalue weighted by molar-refractivity contribution is 0.141. The van der Waals surface area contributed by atoms with Crippen LogP contribution in [0.3, 0.4) is 0 Å². The van der Waals surface area contributed by atoms with Crippen LogP contribution >= 0.6 is 0 Å². The van der Waals surface area contributed by atoms with Crippen LogP contribution < -0.4 is 10.5 Å². The average molecular weight is 207 g/mol. The molecule has 4 heteroatoms. The second-order valence-electron chi connectivity index (χ2n) is 4.10. The zero-order chi connectivity index (χ0) is 10.7. The summed E-state index contributed by atoms with van der Waals surface area (Å²) in [5, 5.41) is 0. The molecule has 1 aliphatic carbocycles. The van der Waals surface area contributed by atoms with Crippen LogP contribution in [0.15, 0.2) is 12.3 Å². The maximum Gasteiger partial charge on any atom is 0.216 e. The Morgan fingerprint density at radius 2 is 2.07 bits per heavy atom. The van der Waals surface area contributed by atoms with Crippen molar-refractivity contribution in [2.75, 3.05) is 0 Å². The van der Waals surface area contributed by atoms with E-state index in [1.165, 1.54) is 0 Å². The number of hydrogen-bond acceptors (Lipinski definition) is 4. The smallest absolute Gasteiger partial charge is 0.216 e. The van der Waals surface area contributed by atoms with Crippen molar-refractivity contribution in [3.8, 4) is 5.88 Å². The maximum atomic E-state index is 5.83. The van der Waals surface area contributed by atoms with Crippen molar-refractivity contribution in [1.82, 2.24) is 9.97 Å². The third-order valence-corrected chi connectivity index (χ3v) is 2.76. The number of ether oxygens (including phenoxy) is 1. The van der Waals surface area contributed by atoms with Gasteiger partial charge < -0.3 is 10.5 Å². The highest BCUT2D eigenvalue weighted by Gasteiger charge is 2.20. The second-order valence-corrected chi connectivity index (χ2v) is 4.10. The first-order valence-electron chi connectivity index (χ1n) is 5.46. The predicted molar refractivity (Wildman–Crippen MR) is 57.6 cm³/mol. The number of hydrogen-bond donors (Lipinski definition) is 1. The lowest BCUT2D eigenvalue weighted by atomic mass is 9.94. The zero-order valence-electron chi connectivity index (χ0n) is 9.02. The lowest BCUT2D eigenvalue weighted by Gasteiger charge is -2.26. The van der Waals surface area contributed by atoms with Gasteiger partial charge in [-0.1, -0.05) is 0 Å². The second kappa shape index (κ2) is 4.57. The first-order chi connectivity index (χ1) is 7.24. The van der Waals surface area contributed by atoms with E-state index in [2.05, 4.69) is 9.97 Å². The van der Waals surface area contributed by atoms with Gasteiger partial charge in [-0.05, 0) is 32.6 Å². The highest BCUT2D eigenvalue weighted by atomic mass is 16.5. The van der Waals surface area contributed by atoms with Gasteiger partial charge in [0, 0.05) is 18.3 Å². The Labute approximate surface area is 89.9 Å². The van der Waals surface area contributed by atoms with Gasteiger partial charge in [0.05, 0.1) is 0 Å². The average Bonchev–Trinajstić information content (AvgIpc) is 2.22. The van der Waals surface area contributed by atoms with Gasteiger partial charge in [0.25, 0.3) is 0 Å². The molecule has 1 aromatic rings. The molecule has 0 unspecified atom stereocenters. The molecule has 82 valence electrons. The highest BCUT2D eigenvalue weighted by Crippen LogP contribution is 2.21. The van der Waals surface area contributed by atoms with Gasteiger partial charge >= 0.3 is 0 Å². The molecule has 15 heavy (non-hydrogen) atoms. The Bertz CT molecular complexity index is 321. The van der Waals surface area contributed by atoms with E-state index in [-0.39, 0.29) is 6.10 Å². The van der Waals surface area contributed by atoms with Gasteiger partial charge in [-0.25, -0.2) is 4.98 Å². The van der Waals surface area contributed by atoms with Crippen LogP contribution in [-0.2, 0) is 0 Å². The number of nitrogens with zero attached hydrogens (tertiary/aromatic N) is 2. The van der Waals surface area contributed by atoms with Crippen LogP contribution in [-0.4, -0.2) is 22.1 Å². The molecular weight excluding hydrogens is 190 g/mol. The van der Waals surface area contributed by atoms with Crippen molar-refractivity contribution in [1.29, 1.82) is 0 Å². The van der Waals surface area contributed by atoms with Gasteiger partial charge in [-0.3, -0.25) is 0 Å². The first-order valence-corrected chi connectivity index (χ1v) is 5.46. The van der Waals surface area contributed by atoms with Crippen molar-refractivity contribution in [3.05, 3.63) is 18.1 Å². The third-order valence-electron chi connectivity index (χ3n) is 2.76. The van der Waals surface area contributed by atoms with Crippen LogP contribution in [0.25, 0.3) is 0 Å². The summed E-state index contributed by atoms with van der Waals surface area (Å²) in [7, 11) is 0. The predicted octanol–water partition coefficient (Wildman–Crippen LogP) is 1.43. The monoisotopic (exact) mass is 207 g/mol. The molecule has 0 radical (unpaired) electrons. The molecule has 0 saturated heterocycles. The molecule has 0 spiro atoms. The van der Waals surface area contributed by atoms with Gasteiger partial charge in [-0.15, -0.1) is 0 Å². The van der Waals surface area contributed by atoms with Crippen molar-refractivity contribution in [2.45, 2.75) is 44.8 Å². The van der Waals surface area contributed by atoms with E-state index in [0.717, 1.165) is 31.5 Å². The van der Waals surface area contributed by atoms with Crippen LogP contribution in [0.1, 0.15) is 31.5 Å². The quantitative estimate of drug-likeness (QED) is 0.797. The van der Waals surface area contributed by atoms with Crippen molar-refractivity contribution in [3.63, 3.8) is 0 Å². The molecule has 1 heterocycles. The van der Waals surface area contributed by atoms with E-state index < -0.39 is 0 Å². The largest absolute Gasteiger partial charge is 0.474 e. The Kier molecular flexibility index (Phi) is 3.16. The first kappa shape index (κ1) is 10.4. The van der Waals surface area contributed by atoms with Gasteiger partial charge in [0.2, 0.25) is 5.88 Å². The fourth-order valence-electron chi connectivity index (χ4n) is 1.88. The summed E-state index contributed by atoms with van der Waals surface area (Å²) < 4.78 is 5.78. The number of aryl methyl sites for hydroxylation is 1. The minimum atomic E-state index is 0.277. The molecule has 0 atom stereocenters. The van der Waals surface area contributed by atoms with Gasteiger partial charge in [0.15, 0.2) is 0 Å². The number of nitrogens with two attached hydrogens (primary N) is 1. The summed E-state index contributed by atoms with van der Waals surface area (Å²) in [6.45, 7) is 1.86. The molecule has 0 bridgehead atoms. The Morgan fingerprint density at radius 1 is 1.33 bits per heavy atom. The van der Waals surface area contributed by atoms with E-state index >= 15 is 0 Å². The highest BCUT2D eigenvalue weighted by molar-refractivity contribution is 5.08. The van der Waals surface area contributed by atoms with Crippen molar-refractivity contribution < 1.29 is 4.74 Å². The molecule has 2 N–H and O–H groups in total. The lowest BCUT2D eigenvalue weighted by Crippen LogP contribution is -2.31. The summed E-state index contributed by atoms with van der Waals surface area (Å²) in [6.07, 6.45) is 6.17. The Morgan fingerprint density at radius 3 is 2.73 bits per heavy atom. The summed E-state index contributed by atoms with van der Waals surface area (Å²) in [4.78, 5) is 8.26. The topological polar surface area (TPSA) is 61.0 Å². The standard InChI is InChI=1S/C11H17N3O/c1-8-13-7-6-11(14-8)15-10-4-2-9(12)3-5-10/h6-7,9-10H,2-5,12H2,1H3. The Hall–Kier alpha value is -1.16. The van der Waals surface area contributed by atoms with E-state index in [9.17, 15) is 0 Å². The molecule has 1 fully saturated rings. The molecule has 1 saturated carbocycles. The summed E-state index contributed by atoms with van der Waals surface area (Å²) in [5.41, 5.74) is 5.83. The molecule has 0 aromatic carbocycles. The summed E-state index contributed by atoms with van der Waals surface area (Å²) in [6, 6.07) is 2.17. The van der Waals surface area contributed by atoms with E-state index in [1.807, 2.05) is 13.0 Å². The number of rotatable bonds is 2. The fraction of sp³-hybridized carbons (Fsp3) is 0.636. The molecular formula is C11H17N3O. The van der Waals surface area contributed by atoms with Crippen LogP contribution in [0, 0.1) is 6.92 Å². The van der Waals surface area contributed by atoms with E-state index in [4.69, 9.17) is 10.5 Å². The molecule has 0 amide bonds. The summed E-state index contributed by atoms with van der Waals surface area (Å²) in [5.74, 6) is 1.43. The summed E-state index contributed by atoms with van der Waals surface area (Å²) >= 11 is 0. The third kappa shape index (κ3) is 2.89. The molecule has 4 nitrogen and oxygen atoms in total. The minimum Gasteiger partial charge on any atom is -0.474 e. The SMILES string of the molecule is Cc1nccc(OC2CCC(N)CC2)n1. The molecule has 2 rings (SSSR count). The van der Waals surface area contributed by atoms with Crippen molar-refractivity contribution in [2.24, 2.45) is 5.73 Å². The Balaban J connectivity index is 1.92. The number of aromatic nitrogens is 2. The van der Waals surface area contributed by atoms with E-state index in [0.29, 0.717) is 11.9 Å². The normalized spacial score (nSPS) is 26.3.